The predicted molar refractivity (Wildman–Crippen MR) is 89.0 cm³/mol. The quantitative estimate of drug-likeness (QED) is 0.695. The highest BCUT2D eigenvalue weighted by molar-refractivity contribution is 5.92. The second kappa shape index (κ2) is 7.29. The van der Waals surface area contributed by atoms with Crippen molar-refractivity contribution >= 4 is 28.6 Å². The zero-order chi connectivity index (χ0) is 19.6. The number of aromatic nitrogens is 1. The van der Waals surface area contributed by atoms with E-state index in [1.807, 2.05) is 24.3 Å². The largest absolute Gasteiger partial charge is 0.406 e. The van der Waals surface area contributed by atoms with Crippen molar-refractivity contribution in [2.75, 3.05) is 13.1 Å². The average Bonchev–Trinajstić information content (AvgIpc) is 3.16. The predicted octanol–water partition coefficient (Wildman–Crippen LogP) is 1.27. The molecule has 0 aliphatic carbocycles. The molecule has 2 heterocycles. The first kappa shape index (κ1) is 18.7. The third-order valence-electron chi connectivity index (χ3n) is 4.31. The molecule has 0 radical (unpaired) electrons. The molecule has 7 nitrogen and oxygen atoms in total. The second-order valence-electron chi connectivity index (χ2n) is 6.36. The van der Waals surface area contributed by atoms with E-state index in [0.29, 0.717) is 4.90 Å². The van der Waals surface area contributed by atoms with Gasteiger partial charge >= 0.3 is 6.18 Å². The first-order valence-electron chi connectivity index (χ1n) is 8.21. The normalized spacial score (nSPS) is 17.4. The van der Waals surface area contributed by atoms with Gasteiger partial charge in [0.05, 0.1) is 12.3 Å². The van der Waals surface area contributed by atoms with Gasteiger partial charge in [0.1, 0.15) is 6.54 Å². The van der Waals surface area contributed by atoms with Crippen LogP contribution in [0.4, 0.5) is 13.2 Å². The van der Waals surface area contributed by atoms with Crippen LogP contribution in [0.3, 0.4) is 0 Å². The first-order chi connectivity index (χ1) is 12.7. The molecule has 0 spiro atoms. The van der Waals surface area contributed by atoms with Crippen LogP contribution in [0.5, 0.6) is 0 Å². The molecule has 3 rings (SSSR count). The molecule has 0 saturated carbocycles. The summed E-state index contributed by atoms with van der Waals surface area (Å²) in [5.74, 6) is -2.85. The van der Waals surface area contributed by atoms with E-state index < -0.39 is 36.4 Å². The summed E-state index contributed by atoms with van der Waals surface area (Å²) in [5, 5.41) is 0.878. The SMILES string of the molecule is O=C(Cc1c[nH]c2ccccc12)NNC(=O)C1CC(=O)N(CC(F)(F)F)C1. The fourth-order valence-electron chi connectivity index (χ4n) is 3.05. The fourth-order valence-corrected chi connectivity index (χ4v) is 3.05. The van der Waals surface area contributed by atoms with E-state index in [1.54, 1.807) is 6.20 Å². The van der Waals surface area contributed by atoms with Crippen LogP contribution in [-0.4, -0.2) is 46.9 Å². The van der Waals surface area contributed by atoms with Crippen molar-refractivity contribution in [3.05, 3.63) is 36.0 Å². The van der Waals surface area contributed by atoms with Crippen molar-refractivity contribution in [1.82, 2.24) is 20.7 Å². The molecular formula is C17H17F3N4O3. The molecule has 0 bridgehead atoms. The van der Waals surface area contributed by atoms with Gasteiger partial charge in [0.25, 0.3) is 0 Å². The molecule has 1 aromatic heterocycles. The number of hydrazine groups is 1. The van der Waals surface area contributed by atoms with E-state index in [0.717, 1.165) is 16.5 Å². The summed E-state index contributed by atoms with van der Waals surface area (Å²) in [6, 6.07) is 7.41. The number of rotatable bonds is 4. The topological polar surface area (TPSA) is 94.3 Å². The van der Waals surface area contributed by atoms with Crippen LogP contribution >= 0.6 is 0 Å². The molecule has 1 saturated heterocycles. The molecule has 1 atom stereocenters. The fraction of sp³-hybridized carbons (Fsp3) is 0.353. The van der Waals surface area contributed by atoms with E-state index in [9.17, 15) is 27.6 Å². The number of amides is 3. The lowest BCUT2D eigenvalue weighted by molar-refractivity contribution is -0.157. The Morgan fingerprint density at radius 3 is 2.70 bits per heavy atom. The summed E-state index contributed by atoms with van der Waals surface area (Å²) in [7, 11) is 0. The van der Waals surface area contributed by atoms with Gasteiger partial charge in [-0.15, -0.1) is 0 Å². The number of para-hydroxylation sites is 1. The van der Waals surface area contributed by atoms with Gasteiger partial charge in [-0.1, -0.05) is 18.2 Å². The summed E-state index contributed by atoms with van der Waals surface area (Å²) < 4.78 is 37.2. The van der Waals surface area contributed by atoms with Gasteiger partial charge in [-0.3, -0.25) is 25.2 Å². The van der Waals surface area contributed by atoms with Gasteiger partial charge in [0.2, 0.25) is 17.7 Å². The monoisotopic (exact) mass is 382 g/mol. The number of hydrogen-bond donors (Lipinski definition) is 3. The minimum Gasteiger partial charge on any atom is -0.361 e. The number of carbonyl (C=O) groups is 3. The summed E-state index contributed by atoms with van der Waals surface area (Å²) in [6.07, 6.45) is -3.14. The Hall–Kier alpha value is -3.04. The number of halogens is 3. The Balaban J connectivity index is 1.50. The van der Waals surface area contributed by atoms with Crippen molar-refractivity contribution in [2.24, 2.45) is 5.92 Å². The smallest absolute Gasteiger partial charge is 0.361 e. The molecule has 3 amide bonds. The Morgan fingerprint density at radius 2 is 1.96 bits per heavy atom. The maximum absolute atomic E-state index is 12.4. The van der Waals surface area contributed by atoms with Gasteiger partial charge in [-0.25, -0.2) is 0 Å². The van der Waals surface area contributed by atoms with Crippen molar-refractivity contribution in [2.45, 2.75) is 19.0 Å². The van der Waals surface area contributed by atoms with E-state index in [4.69, 9.17) is 0 Å². The number of alkyl halides is 3. The number of carbonyl (C=O) groups excluding carboxylic acids is 3. The Labute approximate surface area is 151 Å². The number of likely N-dealkylation sites (tertiary alicyclic amines) is 1. The van der Waals surface area contributed by atoms with Gasteiger partial charge in [-0.2, -0.15) is 13.2 Å². The van der Waals surface area contributed by atoms with Crippen LogP contribution in [0.15, 0.2) is 30.5 Å². The van der Waals surface area contributed by atoms with Gasteiger partial charge in [0.15, 0.2) is 0 Å². The van der Waals surface area contributed by atoms with Crippen LogP contribution in [0.1, 0.15) is 12.0 Å². The molecule has 1 fully saturated rings. The first-order valence-corrected chi connectivity index (χ1v) is 8.21. The van der Waals surface area contributed by atoms with Crippen LogP contribution < -0.4 is 10.9 Å². The zero-order valence-electron chi connectivity index (χ0n) is 14.1. The van der Waals surface area contributed by atoms with Gasteiger partial charge in [0, 0.05) is 30.1 Å². The highest BCUT2D eigenvalue weighted by Crippen LogP contribution is 2.24. The number of fused-ring (bicyclic) bond motifs is 1. The molecule has 3 N–H and O–H groups in total. The minimum absolute atomic E-state index is 0.00803. The molecule has 2 aromatic rings. The van der Waals surface area contributed by atoms with Gasteiger partial charge < -0.3 is 9.88 Å². The van der Waals surface area contributed by atoms with Crippen molar-refractivity contribution in [1.29, 1.82) is 0 Å². The maximum atomic E-state index is 12.4. The number of nitrogens with one attached hydrogen (secondary N) is 3. The lowest BCUT2D eigenvalue weighted by Crippen LogP contribution is -2.46. The van der Waals surface area contributed by atoms with Crippen LogP contribution in [0.2, 0.25) is 0 Å². The summed E-state index contributed by atoms with van der Waals surface area (Å²) >= 11 is 0. The highest BCUT2D eigenvalue weighted by atomic mass is 19.4. The zero-order valence-corrected chi connectivity index (χ0v) is 14.1. The van der Waals surface area contributed by atoms with Crippen LogP contribution in [-0.2, 0) is 20.8 Å². The third kappa shape index (κ3) is 4.57. The molecule has 1 aliphatic rings. The Bertz CT molecular complexity index is 878. The van der Waals surface area contributed by atoms with Crippen LogP contribution in [0, 0.1) is 5.92 Å². The molecule has 1 unspecified atom stereocenters. The minimum atomic E-state index is -4.52. The van der Waals surface area contributed by atoms with E-state index in [2.05, 4.69) is 15.8 Å². The summed E-state index contributed by atoms with van der Waals surface area (Å²) in [6.45, 7) is -1.72. The number of aromatic amines is 1. The lowest BCUT2D eigenvalue weighted by atomic mass is 10.1. The maximum Gasteiger partial charge on any atom is 0.406 e. The van der Waals surface area contributed by atoms with Crippen molar-refractivity contribution in [3.63, 3.8) is 0 Å². The number of hydrogen-bond acceptors (Lipinski definition) is 3. The Morgan fingerprint density at radius 1 is 1.22 bits per heavy atom. The molecule has 27 heavy (non-hydrogen) atoms. The molecular weight excluding hydrogens is 365 g/mol. The van der Waals surface area contributed by atoms with Crippen molar-refractivity contribution in [3.8, 4) is 0 Å². The number of benzene rings is 1. The summed E-state index contributed by atoms with van der Waals surface area (Å²) in [5.41, 5.74) is 6.03. The van der Waals surface area contributed by atoms with Crippen molar-refractivity contribution < 1.29 is 27.6 Å². The standard InChI is InChI=1S/C17H17F3N4O3/c18-17(19,20)9-24-8-11(6-15(24)26)16(27)23-22-14(25)5-10-7-21-13-4-2-1-3-12(10)13/h1-4,7,11,21H,5-6,8-9H2,(H,22,25)(H,23,27). The molecule has 1 aliphatic heterocycles. The number of H-pyrrole nitrogens is 1. The lowest BCUT2D eigenvalue weighted by Gasteiger charge is -2.18. The average molecular weight is 382 g/mol. The molecule has 144 valence electrons. The van der Waals surface area contributed by atoms with Gasteiger partial charge in [-0.05, 0) is 11.6 Å². The van der Waals surface area contributed by atoms with Crippen LogP contribution in [0.25, 0.3) is 10.9 Å². The highest BCUT2D eigenvalue weighted by Gasteiger charge is 2.40. The van der Waals surface area contributed by atoms with E-state index in [-0.39, 0.29) is 19.4 Å². The third-order valence-corrected chi connectivity index (χ3v) is 4.31. The molecule has 10 heteroatoms. The number of nitrogens with zero attached hydrogens (tertiary/aromatic N) is 1. The Kier molecular flexibility index (Phi) is 5.06. The van der Waals surface area contributed by atoms with E-state index >= 15 is 0 Å². The summed E-state index contributed by atoms with van der Waals surface area (Å²) in [4.78, 5) is 39.3. The van der Waals surface area contributed by atoms with E-state index in [1.165, 1.54) is 0 Å². The second-order valence-corrected chi connectivity index (χ2v) is 6.36. The molecule has 1 aromatic carbocycles.